The van der Waals surface area contributed by atoms with E-state index in [0.717, 1.165) is 5.56 Å². The van der Waals surface area contributed by atoms with Gasteiger partial charge in [0.05, 0.1) is 19.1 Å². The van der Waals surface area contributed by atoms with Gasteiger partial charge in [0.1, 0.15) is 11.1 Å². The molecule has 1 aromatic heterocycles. The molecule has 3 atom stereocenters. The monoisotopic (exact) mass is 414 g/mol. The van der Waals surface area contributed by atoms with Crippen LogP contribution >= 0.6 is 11.3 Å². The van der Waals surface area contributed by atoms with Crippen LogP contribution in [0.25, 0.3) is 0 Å². The highest BCUT2D eigenvalue weighted by Crippen LogP contribution is 2.43. The largest absolute Gasteiger partial charge is 0.424 e. The maximum atomic E-state index is 13.7. The normalized spacial score (nSPS) is 22.7. The molecular weight excluding hydrogens is 393 g/mol. The summed E-state index contributed by atoms with van der Waals surface area (Å²) in [5.74, 6) is -0.788. The Bertz CT molecular complexity index is 827. The lowest BCUT2D eigenvalue weighted by molar-refractivity contribution is -0.268. The molecule has 1 fully saturated rings. The van der Waals surface area contributed by atoms with Gasteiger partial charge in [-0.3, -0.25) is 4.79 Å². The van der Waals surface area contributed by atoms with Crippen molar-refractivity contribution in [1.82, 2.24) is 9.88 Å². The van der Waals surface area contributed by atoms with Crippen molar-refractivity contribution in [3.8, 4) is 0 Å². The van der Waals surface area contributed by atoms with Crippen LogP contribution in [-0.2, 0) is 15.1 Å². The van der Waals surface area contributed by atoms with E-state index in [0.29, 0.717) is 17.0 Å². The Labute approximate surface area is 164 Å². The molecule has 3 rings (SSSR count). The molecule has 3 unspecified atom stereocenters. The number of carbonyl (C=O) groups excluding carboxylic acids is 1. The number of rotatable bonds is 4. The smallest absolute Gasteiger partial charge is 0.374 e. The van der Waals surface area contributed by atoms with E-state index in [1.807, 2.05) is 30.3 Å². The lowest BCUT2D eigenvalue weighted by atomic mass is 9.98. The van der Waals surface area contributed by atoms with Crippen LogP contribution in [0.4, 0.5) is 13.2 Å². The molecular formula is C19H21F3N2O3S. The van der Waals surface area contributed by atoms with E-state index < -0.39 is 35.2 Å². The Morgan fingerprint density at radius 1 is 1.32 bits per heavy atom. The van der Waals surface area contributed by atoms with E-state index in [2.05, 4.69) is 4.98 Å². The fraction of sp³-hybridized carbons (Fsp3) is 0.474. The minimum absolute atomic E-state index is 0.123. The number of benzene rings is 1. The molecule has 9 heteroatoms. The topological polar surface area (TPSA) is 62.7 Å². The van der Waals surface area contributed by atoms with Gasteiger partial charge in [-0.05, 0) is 19.4 Å². The standard InChI is InChI=1S/C19H21F3N2O3S/c1-12-11-28-17(23-12)18(26,19(20,21)22)8-16(25)24-9-13(2)27-15(10-24)14-6-4-3-5-7-14/h3-7,11,13,15,26H,8-10H2,1-2H3. The Hall–Kier alpha value is -1.97. The average Bonchev–Trinajstić information content (AvgIpc) is 3.08. The zero-order chi connectivity index (χ0) is 20.5. The summed E-state index contributed by atoms with van der Waals surface area (Å²) in [4.78, 5) is 17.9. The summed E-state index contributed by atoms with van der Waals surface area (Å²) in [5, 5.41) is 11.3. The molecule has 1 N–H and O–H groups in total. The Balaban J connectivity index is 1.81. The highest BCUT2D eigenvalue weighted by molar-refractivity contribution is 7.09. The summed E-state index contributed by atoms with van der Waals surface area (Å²) < 4.78 is 46.8. The molecule has 2 heterocycles. The fourth-order valence-electron chi connectivity index (χ4n) is 3.18. The molecule has 0 bridgehead atoms. The minimum Gasteiger partial charge on any atom is -0.374 e. The number of amides is 1. The predicted octanol–water partition coefficient (Wildman–Crippen LogP) is 3.58. The number of halogens is 3. The summed E-state index contributed by atoms with van der Waals surface area (Å²) in [6.45, 7) is 3.58. The van der Waals surface area contributed by atoms with E-state index in [4.69, 9.17) is 4.74 Å². The molecule has 0 radical (unpaired) electrons. The Morgan fingerprint density at radius 2 is 2.00 bits per heavy atom. The number of aliphatic hydroxyl groups is 1. The summed E-state index contributed by atoms with van der Waals surface area (Å²) >= 11 is 0.693. The van der Waals surface area contributed by atoms with Crippen molar-refractivity contribution in [3.63, 3.8) is 0 Å². The van der Waals surface area contributed by atoms with Gasteiger partial charge < -0.3 is 14.7 Å². The van der Waals surface area contributed by atoms with Gasteiger partial charge in [0.2, 0.25) is 11.5 Å². The van der Waals surface area contributed by atoms with Gasteiger partial charge >= 0.3 is 6.18 Å². The lowest BCUT2D eigenvalue weighted by Crippen LogP contribution is -2.51. The number of aromatic nitrogens is 1. The Kier molecular flexibility index (Phi) is 5.79. The molecule has 1 aliphatic heterocycles. The molecule has 1 saturated heterocycles. The Morgan fingerprint density at radius 3 is 2.57 bits per heavy atom. The lowest BCUT2D eigenvalue weighted by Gasteiger charge is -2.38. The third-order valence-corrected chi connectivity index (χ3v) is 5.74. The number of carbonyl (C=O) groups is 1. The van der Waals surface area contributed by atoms with Gasteiger partial charge in [-0.1, -0.05) is 30.3 Å². The molecule has 1 aromatic carbocycles. The van der Waals surface area contributed by atoms with Crippen LogP contribution < -0.4 is 0 Å². The second-order valence-electron chi connectivity index (χ2n) is 6.97. The molecule has 1 amide bonds. The first-order valence-electron chi connectivity index (χ1n) is 8.80. The van der Waals surface area contributed by atoms with Crippen molar-refractivity contribution in [2.24, 2.45) is 0 Å². The second-order valence-corrected chi connectivity index (χ2v) is 7.83. The average molecular weight is 414 g/mol. The molecule has 152 valence electrons. The zero-order valence-corrected chi connectivity index (χ0v) is 16.3. The minimum atomic E-state index is -5.02. The van der Waals surface area contributed by atoms with Gasteiger partial charge in [0.15, 0.2) is 0 Å². The summed E-state index contributed by atoms with van der Waals surface area (Å²) in [6.07, 6.45) is -6.92. The van der Waals surface area contributed by atoms with Crippen LogP contribution in [0, 0.1) is 6.92 Å². The number of hydrogen-bond donors (Lipinski definition) is 1. The first-order valence-corrected chi connectivity index (χ1v) is 9.68. The first kappa shape index (κ1) is 20.8. The highest BCUT2D eigenvalue weighted by atomic mass is 32.1. The summed E-state index contributed by atoms with van der Waals surface area (Å²) in [6, 6.07) is 9.19. The van der Waals surface area contributed by atoms with E-state index in [1.54, 1.807) is 6.92 Å². The molecule has 2 aromatic rings. The fourth-order valence-corrected chi connectivity index (χ4v) is 4.09. The number of aryl methyl sites for hydroxylation is 1. The van der Waals surface area contributed by atoms with Crippen LogP contribution in [0.1, 0.15) is 35.7 Å². The number of hydrogen-bond acceptors (Lipinski definition) is 5. The molecule has 0 spiro atoms. The van der Waals surface area contributed by atoms with Crippen molar-refractivity contribution in [3.05, 3.63) is 52.0 Å². The SMILES string of the molecule is Cc1csc(C(O)(CC(=O)N2CC(C)OC(c3ccccc3)C2)C(F)(F)F)n1. The van der Waals surface area contributed by atoms with Crippen molar-refractivity contribution < 1.29 is 27.8 Å². The van der Waals surface area contributed by atoms with Gasteiger partial charge in [0, 0.05) is 17.6 Å². The van der Waals surface area contributed by atoms with Crippen molar-refractivity contribution in [2.75, 3.05) is 13.1 Å². The van der Waals surface area contributed by atoms with Crippen molar-refractivity contribution >= 4 is 17.2 Å². The van der Waals surface area contributed by atoms with Gasteiger partial charge in [-0.2, -0.15) is 13.2 Å². The molecule has 0 aliphatic carbocycles. The third kappa shape index (κ3) is 4.21. The third-order valence-electron chi connectivity index (χ3n) is 4.63. The van der Waals surface area contributed by atoms with Crippen LogP contribution in [-0.4, -0.2) is 46.3 Å². The summed E-state index contributed by atoms with van der Waals surface area (Å²) in [7, 11) is 0. The van der Waals surface area contributed by atoms with Crippen LogP contribution in [0.5, 0.6) is 0 Å². The highest BCUT2D eigenvalue weighted by Gasteiger charge is 2.58. The van der Waals surface area contributed by atoms with Crippen molar-refractivity contribution in [1.29, 1.82) is 0 Å². The van der Waals surface area contributed by atoms with E-state index >= 15 is 0 Å². The van der Waals surface area contributed by atoms with Gasteiger partial charge in [-0.15, -0.1) is 11.3 Å². The number of nitrogens with zero attached hydrogens (tertiary/aromatic N) is 2. The van der Waals surface area contributed by atoms with E-state index in [1.165, 1.54) is 17.2 Å². The van der Waals surface area contributed by atoms with E-state index in [9.17, 15) is 23.1 Å². The summed E-state index contributed by atoms with van der Waals surface area (Å²) in [5.41, 5.74) is -2.11. The van der Waals surface area contributed by atoms with Gasteiger partial charge in [-0.25, -0.2) is 4.98 Å². The number of morpholine rings is 1. The number of alkyl halides is 3. The quantitative estimate of drug-likeness (QED) is 0.831. The van der Waals surface area contributed by atoms with Crippen LogP contribution in [0.15, 0.2) is 35.7 Å². The van der Waals surface area contributed by atoms with Crippen LogP contribution in [0.2, 0.25) is 0 Å². The molecule has 1 aliphatic rings. The van der Waals surface area contributed by atoms with E-state index in [-0.39, 0.29) is 19.2 Å². The van der Waals surface area contributed by atoms with Gasteiger partial charge in [0.25, 0.3) is 0 Å². The predicted molar refractivity (Wildman–Crippen MR) is 97.7 cm³/mol. The molecule has 28 heavy (non-hydrogen) atoms. The zero-order valence-electron chi connectivity index (χ0n) is 15.4. The number of thiazole rings is 1. The second kappa shape index (κ2) is 7.81. The van der Waals surface area contributed by atoms with Crippen molar-refractivity contribution in [2.45, 2.75) is 44.3 Å². The van der Waals surface area contributed by atoms with Crippen LogP contribution in [0.3, 0.4) is 0 Å². The first-order chi connectivity index (χ1) is 13.1. The molecule has 5 nitrogen and oxygen atoms in total. The maximum Gasteiger partial charge on any atom is 0.424 e. The maximum absolute atomic E-state index is 13.7. The number of ether oxygens (including phenoxy) is 1. The molecule has 0 saturated carbocycles.